The van der Waals surface area contributed by atoms with E-state index >= 15 is 0 Å². The number of nitrogens with two attached hydrogens (primary N) is 1. The second kappa shape index (κ2) is 11.2. The molecule has 0 fully saturated rings. The molecule has 0 bridgehead atoms. The number of carboxylic acid groups (broad SMARTS) is 1. The molecule has 0 aliphatic rings. The van der Waals surface area contributed by atoms with Crippen LogP contribution in [0.3, 0.4) is 0 Å². The van der Waals surface area contributed by atoms with E-state index in [4.69, 9.17) is 5.73 Å². The predicted molar refractivity (Wildman–Crippen MR) is 109 cm³/mol. The molecule has 8 heteroatoms. The summed E-state index contributed by atoms with van der Waals surface area (Å²) in [5.74, 6) is 0.929. The molecule has 0 aliphatic carbocycles. The molecule has 0 saturated carbocycles. The standard InChI is InChI=1S/C20H30N6O2/c1-3-22-20-25-17(11-18(21)26-20)9-7-5-4-6-8-15(10-19(27)28)16-12-23-14(2)24-13-16/h11-13,15H,3-10H2,1-2H3,(H,27,28)(H3,21,22,25,26). The van der Waals surface area contributed by atoms with Crippen molar-refractivity contribution in [3.05, 3.63) is 35.5 Å². The number of aryl methyl sites for hydroxylation is 2. The zero-order chi connectivity index (χ0) is 20.4. The van der Waals surface area contributed by atoms with E-state index in [0.717, 1.165) is 56.3 Å². The number of aromatic nitrogens is 4. The van der Waals surface area contributed by atoms with E-state index in [1.54, 1.807) is 12.4 Å². The summed E-state index contributed by atoms with van der Waals surface area (Å²) in [5.41, 5.74) is 7.68. The number of carboxylic acids is 1. The lowest BCUT2D eigenvalue weighted by Gasteiger charge is -2.14. The summed E-state index contributed by atoms with van der Waals surface area (Å²) < 4.78 is 0. The third-order valence-corrected chi connectivity index (χ3v) is 4.56. The van der Waals surface area contributed by atoms with Gasteiger partial charge in [0.05, 0.1) is 6.42 Å². The fourth-order valence-corrected chi connectivity index (χ4v) is 3.14. The molecule has 152 valence electrons. The minimum atomic E-state index is -0.789. The minimum absolute atomic E-state index is 0.0394. The van der Waals surface area contributed by atoms with Gasteiger partial charge in [0.1, 0.15) is 11.6 Å². The molecular weight excluding hydrogens is 356 g/mol. The van der Waals surface area contributed by atoms with Crippen molar-refractivity contribution in [2.24, 2.45) is 0 Å². The van der Waals surface area contributed by atoms with Gasteiger partial charge in [0, 0.05) is 30.7 Å². The van der Waals surface area contributed by atoms with E-state index in [9.17, 15) is 9.90 Å². The quantitative estimate of drug-likeness (QED) is 0.474. The summed E-state index contributed by atoms with van der Waals surface area (Å²) in [6.07, 6.45) is 9.38. The highest BCUT2D eigenvalue weighted by Gasteiger charge is 2.16. The Bertz CT molecular complexity index is 751. The van der Waals surface area contributed by atoms with Gasteiger partial charge in [0.15, 0.2) is 0 Å². The monoisotopic (exact) mass is 386 g/mol. The van der Waals surface area contributed by atoms with E-state index in [1.807, 2.05) is 19.9 Å². The Morgan fingerprint density at radius 1 is 1.18 bits per heavy atom. The molecule has 2 rings (SSSR count). The molecule has 0 amide bonds. The van der Waals surface area contributed by atoms with Crippen molar-refractivity contribution >= 4 is 17.7 Å². The van der Waals surface area contributed by atoms with Gasteiger partial charge in [0.2, 0.25) is 5.95 Å². The summed E-state index contributed by atoms with van der Waals surface area (Å²) >= 11 is 0. The highest BCUT2D eigenvalue weighted by atomic mass is 16.4. The molecule has 2 aromatic rings. The van der Waals surface area contributed by atoms with Gasteiger partial charge >= 0.3 is 5.97 Å². The van der Waals surface area contributed by atoms with Crippen LogP contribution in [0.15, 0.2) is 18.5 Å². The Labute approximate surface area is 166 Å². The van der Waals surface area contributed by atoms with Gasteiger partial charge in [0.25, 0.3) is 0 Å². The third kappa shape index (κ3) is 7.46. The molecule has 1 unspecified atom stereocenters. The second-order valence-electron chi connectivity index (χ2n) is 6.95. The number of nitrogens with one attached hydrogen (secondary N) is 1. The molecule has 0 spiro atoms. The van der Waals surface area contributed by atoms with E-state index in [1.165, 1.54) is 0 Å². The Balaban J connectivity index is 1.76. The summed E-state index contributed by atoms with van der Waals surface area (Å²) in [6.45, 7) is 4.57. The van der Waals surface area contributed by atoms with Crippen molar-refractivity contribution in [3.63, 3.8) is 0 Å². The number of hydrogen-bond donors (Lipinski definition) is 3. The van der Waals surface area contributed by atoms with Gasteiger partial charge in [-0.1, -0.05) is 19.3 Å². The average molecular weight is 386 g/mol. The highest BCUT2D eigenvalue weighted by molar-refractivity contribution is 5.68. The van der Waals surface area contributed by atoms with Crippen LogP contribution in [0, 0.1) is 6.92 Å². The topological polar surface area (TPSA) is 127 Å². The average Bonchev–Trinajstić information content (AvgIpc) is 2.64. The highest BCUT2D eigenvalue weighted by Crippen LogP contribution is 2.25. The maximum atomic E-state index is 11.2. The van der Waals surface area contributed by atoms with Gasteiger partial charge in [-0.2, -0.15) is 4.98 Å². The Morgan fingerprint density at radius 3 is 2.57 bits per heavy atom. The van der Waals surface area contributed by atoms with Crippen molar-refractivity contribution in [1.29, 1.82) is 0 Å². The van der Waals surface area contributed by atoms with E-state index in [0.29, 0.717) is 17.6 Å². The smallest absolute Gasteiger partial charge is 0.303 e. The Hall–Kier alpha value is -2.77. The van der Waals surface area contributed by atoms with Crippen LogP contribution in [0.1, 0.15) is 68.4 Å². The van der Waals surface area contributed by atoms with Gasteiger partial charge in [-0.25, -0.2) is 15.0 Å². The molecule has 8 nitrogen and oxygen atoms in total. The fourth-order valence-electron chi connectivity index (χ4n) is 3.14. The van der Waals surface area contributed by atoms with Crippen LogP contribution in [0.4, 0.5) is 11.8 Å². The van der Waals surface area contributed by atoms with Crippen molar-refractivity contribution < 1.29 is 9.90 Å². The summed E-state index contributed by atoms with van der Waals surface area (Å²) in [6, 6.07) is 1.82. The van der Waals surface area contributed by atoms with Crippen molar-refractivity contribution in [1.82, 2.24) is 19.9 Å². The summed E-state index contributed by atoms with van der Waals surface area (Å²) in [4.78, 5) is 28.2. The molecule has 0 aromatic carbocycles. The van der Waals surface area contributed by atoms with E-state index < -0.39 is 5.97 Å². The first-order valence-electron chi connectivity index (χ1n) is 9.85. The van der Waals surface area contributed by atoms with Gasteiger partial charge in [-0.15, -0.1) is 0 Å². The molecule has 2 heterocycles. The van der Waals surface area contributed by atoms with Crippen LogP contribution < -0.4 is 11.1 Å². The zero-order valence-corrected chi connectivity index (χ0v) is 16.7. The lowest BCUT2D eigenvalue weighted by Crippen LogP contribution is -2.08. The summed E-state index contributed by atoms with van der Waals surface area (Å²) in [7, 11) is 0. The first kappa shape index (κ1) is 21.5. The van der Waals surface area contributed by atoms with Crippen molar-refractivity contribution in [2.75, 3.05) is 17.6 Å². The Kier molecular flexibility index (Phi) is 8.58. The minimum Gasteiger partial charge on any atom is -0.481 e. The number of rotatable bonds is 12. The molecule has 4 N–H and O–H groups in total. The van der Waals surface area contributed by atoms with Gasteiger partial charge in [-0.05, 0) is 44.6 Å². The molecule has 0 radical (unpaired) electrons. The fraction of sp³-hybridized carbons (Fsp3) is 0.550. The molecule has 2 aromatic heterocycles. The molecule has 1 atom stereocenters. The summed E-state index contributed by atoms with van der Waals surface area (Å²) in [5, 5.41) is 12.3. The number of carbonyl (C=O) groups is 1. The van der Waals surface area contributed by atoms with Crippen LogP contribution >= 0.6 is 0 Å². The number of hydrogen-bond acceptors (Lipinski definition) is 7. The SMILES string of the molecule is CCNc1nc(N)cc(CCCCCCC(CC(=O)O)c2cnc(C)nc2)n1. The maximum absolute atomic E-state index is 11.2. The lowest BCUT2D eigenvalue weighted by atomic mass is 9.92. The molecular formula is C20H30N6O2. The van der Waals surface area contributed by atoms with Crippen LogP contribution in [-0.2, 0) is 11.2 Å². The van der Waals surface area contributed by atoms with Crippen LogP contribution in [-0.4, -0.2) is 37.6 Å². The predicted octanol–water partition coefficient (Wildman–Crippen LogP) is 3.34. The van der Waals surface area contributed by atoms with Crippen LogP contribution in [0.2, 0.25) is 0 Å². The van der Waals surface area contributed by atoms with Crippen LogP contribution in [0.5, 0.6) is 0 Å². The number of nitrogen functional groups attached to an aromatic ring is 1. The normalized spacial score (nSPS) is 11.9. The molecule has 28 heavy (non-hydrogen) atoms. The largest absolute Gasteiger partial charge is 0.481 e. The van der Waals surface area contributed by atoms with Gasteiger partial charge in [-0.3, -0.25) is 4.79 Å². The van der Waals surface area contributed by atoms with Gasteiger partial charge < -0.3 is 16.2 Å². The second-order valence-corrected chi connectivity index (χ2v) is 6.95. The molecule has 0 saturated heterocycles. The van der Waals surface area contributed by atoms with E-state index in [-0.39, 0.29) is 12.3 Å². The number of anilines is 2. The first-order chi connectivity index (χ1) is 13.5. The Morgan fingerprint density at radius 2 is 1.89 bits per heavy atom. The van der Waals surface area contributed by atoms with Crippen molar-refractivity contribution in [3.8, 4) is 0 Å². The number of aliphatic carboxylic acids is 1. The van der Waals surface area contributed by atoms with Crippen LogP contribution in [0.25, 0.3) is 0 Å². The van der Waals surface area contributed by atoms with Crippen molar-refractivity contribution in [2.45, 2.75) is 64.7 Å². The third-order valence-electron chi connectivity index (χ3n) is 4.56. The first-order valence-corrected chi connectivity index (χ1v) is 9.85. The maximum Gasteiger partial charge on any atom is 0.303 e. The number of nitrogens with zero attached hydrogens (tertiary/aromatic N) is 4. The zero-order valence-electron chi connectivity index (χ0n) is 16.7. The number of unbranched alkanes of at least 4 members (excludes halogenated alkanes) is 3. The van der Waals surface area contributed by atoms with E-state index in [2.05, 4.69) is 25.3 Å². The lowest BCUT2D eigenvalue weighted by molar-refractivity contribution is -0.137. The molecule has 0 aliphatic heterocycles.